The highest BCUT2D eigenvalue weighted by molar-refractivity contribution is 5.80. The molecule has 1 atom stereocenters. The van der Waals surface area contributed by atoms with Gasteiger partial charge in [-0.3, -0.25) is 4.99 Å². The van der Waals surface area contributed by atoms with Crippen LogP contribution in [0.1, 0.15) is 30.9 Å². The Balaban J connectivity index is 1.84. The third-order valence-electron chi connectivity index (χ3n) is 3.92. The first kappa shape index (κ1) is 19.1. The molecule has 25 heavy (non-hydrogen) atoms. The number of guanidine groups is 1. The Hall–Kier alpha value is -2.20. The molecule has 0 spiro atoms. The van der Waals surface area contributed by atoms with E-state index >= 15 is 0 Å². The van der Waals surface area contributed by atoms with Gasteiger partial charge in [0.2, 0.25) is 0 Å². The maximum absolute atomic E-state index is 12.7. The van der Waals surface area contributed by atoms with Gasteiger partial charge < -0.3 is 15.4 Å². The van der Waals surface area contributed by atoms with E-state index < -0.39 is 11.7 Å². The second kappa shape index (κ2) is 8.26. The molecule has 1 heterocycles. The predicted octanol–water partition coefficient (Wildman–Crippen LogP) is 2.79. The van der Waals surface area contributed by atoms with Gasteiger partial charge in [-0.1, -0.05) is 17.9 Å². The average Bonchev–Trinajstić information content (AvgIpc) is 3.01. The lowest BCUT2D eigenvalue weighted by Crippen LogP contribution is -2.45. The second-order valence-electron chi connectivity index (χ2n) is 6.06. The fraction of sp³-hybridized carbons (Fsp3) is 0.500. The Bertz CT molecular complexity index is 668. The van der Waals surface area contributed by atoms with Gasteiger partial charge in [-0.25, -0.2) is 0 Å². The van der Waals surface area contributed by atoms with Crippen LogP contribution in [-0.4, -0.2) is 38.3 Å². The summed E-state index contributed by atoms with van der Waals surface area (Å²) in [6.45, 7) is 3.72. The van der Waals surface area contributed by atoms with Crippen molar-refractivity contribution in [3.63, 3.8) is 0 Å². The number of nitrogens with one attached hydrogen (secondary N) is 2. The lowest BCUT2D eigenvalue weighted by Gasteiger charge is -2.24. The van der Waals surface area contributed by atoms with Crippen LogP contribution < -0.4 is 10.6 Å². The summed E-state index contributed by atoms with van der Waals surface area (Å²) in [5.74, 6) is 6.10. The number of nitrogens with zero attached hydrogens (tertiary/aromatic N) is 1. The molecule has 0 bridgehead atoms. The maximum Gasteiger partial charge on any atom is 0.416 e. The van der Waals surface area contributed by atoms with E-state index in [0.717, 1.165) is 31.6 Å². The Morgan fingerprint density at radius 2 is 2.16 bits per heavy atom. The van der Waals surface area contributed by atoms with Gasteiger partial charge in [-0.15, -0.1) is 0 Å². The number of hydrogen-bond acceptors (Lipinski definition) is 2. The Morgan fingerprint density at radius 1 is 1.36 bits per heavy atom. The SMILES string of the molecule is CN=C(NCC#Cc1cccc(C(F)(F)F)c1)NCC1(C)CCCO1. The minimum atomic E-state index is -4.36. The van der Waals surface area contributed by atoms with Crippen LogP contribution in [0.15, 0.2) is 29.3 Å². The van der Waals surface area contributed by atoms with Crippen LogP contribution in [0.2, 0.25) is 0 Å². The molecule has 0 aromatic heterocycles. The van der Waals surface area contributed by atoms with E-state index in [0.29, 0.717) is 18.1 Å². The number of alkyl halides is 3. The number of hydrogen-bond donors (Lipinski definition) is 2. The molecule has 1 aliphatic heterocycles. The smallest absolute Gasteiger partial charge is 0.373 e. The summed E-state index contributed by atoms with van der Waals surface area (Å²) in [4.78, 5) is 4.09. The summed E-state index contributed by atoms with van der Waals surface area (Å²) in [5.41, 5.74) is -0.567. The molecule has 4 nitrogen and oxygen atoms in total. The fourth-order valence-corrected chi connectivity index (χ4v) is 2.52. The molecule has 0 aliphatic carbocycles. The molecule has 1 fully saturated rings. The zero-order valence-electron chi connectivity index (χ0n) is 14.3. The molecule has 2 N–H and O–H groups in total. The number of rotatable bonds is 3. The number of aliphatic imine (C=N–C) groups is 1. The van der Waals surface area contributed by atoms with E-state index in [9.17, 15) is 13.2 Å². The summed E-state index contributed by atoms with van der Waals surface area (Å²) >= 11 is 0. The molecule has 0 amide bonds. The van der Waals surface area contributed by atoms with Crippen molar-refractivity contribution in [3.05, 3.63) is 35.4 Å². The minimum Gasteiger partial charge on any atom is -0.373 e. The first-order chi connectivity index (χ1) is 11.8. The number of ether oxygens (including phenoxy) is 1. The van der Waals surface area contributed by atoms with Crippen LogP contribution >= 0.6 is 0 Å². The van der Waals surface area contributed by atoms with Crippen LogP contribution in [0, 0.1) is 11.8 Å². The number of halogens is 3. The van der Waals surface area contributed by atoms with Crippen molar-refractivity contribution in [3.8, 4) is 11.8 Å². The summed E-state index contributed by atoms with van der Waals surface area (Å²) in [5, 5.41) is 6.19. The van der Waals surface area contributed by atoms with Crippen LogP contribution in [0.4, 0.5) is 13.2 Å². The monoisotopic (exact) mass is 353 g/mol. The molecule has 1 aliphatic rings. The lowest BCUT2D eigenvalue weighted by molar-refractivity contribution is -0.137. The van der Waals surface area contributed by atoms with Crippen molar-refractivity contribution in [2.45, 2.75) is 31.5 Å². The highest BCUT2D eigenvalue weighted by Gasteiger charge is 2.30. The molecule has 1 unspecified atom stereocenters. The molecule has 0 radical (unpaired) electrons. The molecule has 2 rings (SSSR count). The minimum absolute atomic E-state index is 0.193. The molecular formula is C18H22F3N3O. The predicted molar refractivity (Wildman–Crippen MR) is 91.3 cm³/mol. The van der Waals surface area contributed by atoms with Gasteiger partial charge >= 0.3 is 6.18 Å². The zero-order chi connectivity index (χ0) is 18.3. The molecule has 7 heteroatoms. The maximum atomic E-state index is 12.7. The van der Waals surface area contributed by atoms with Crippen molar-refractivity contribution in [1.82, 2.24) is 10.6 Å². The summed E-state index contributed by atoms with van der Waals surface area (Å²) in [7, 11) is 1.65. The fourth-order valence-electron chi connectivity index (χ4n) is 2.52. The standard InChI is InChI=1S/C18H22F3N3O/c1-17(9-5-11-25-17)13-24-16(22-2)23-10-4-7-14-6-3-8-15(12-14)18(19,20)21/h3,6,8,12H,5,9-11,13H2,1-2H3,(H2,22,23,24). The van der Waals surface area contributed by atoms with E-state index in [4.69, 9.17) is 4.74 Å². The summed E-state index contributed by atoms with van der Waals surface area (Å²) in [6.07, 6.45) is -2.32. The van der Waals surface area contributed by atoms with Crippen LogP contribution in [0.5, 0.6) is 0 Å². The van der Waals surface area contributed by atoms with Gasteiger partial charge in [-0.2, -0.15) is 13.2 Å². The first-order valence-electron chi connectivity index (χ1n) is 8.07. The second-order valence-corrected chi connectivity index (χ2v) is 6.06. The van der Waals surface area contributed by atoms with E-state index in [1.807, 2.05) is 6.92 Å². The Kier molecular flexibility index (Phi) is 6.32. The van der Waals surface area contributed by atoms with Gasteiger partial charge in [0.1, 0.15) is 0 Å². The molecular weight excluding hydrogens is 331 g/mol. The Labute approximate surface area is 145 Å². The lowest BCUT2D eigenvalue weighted by atomic mass is 10.0. The molecule has 1 aromatic carbocycles. The highest BCUT2D eigenvalue weighted by atomic mass is 19.4. The molecule has 0 saturated carbocycles. The van der Waals surface area contributed by atoms with E-state index in [2.05, 4.69) is 27.5 Å². The van der Waals surface area contributed by atoms with Crippen molar-refractivity contribution in [2.75, 3.05) is 26.7 Å². The summed E-state index contributed by atoms with van der Waals surface area (Å²) in [6, 6.07) is 4.97. The largest absolute Gasteiger partial charge is 0.416 e. The average molecular weight is 353 g/mol. The van der Waals surface area contributed by atoms with Crippen LogP contribution in [0.3, 0.4) is 0 Å². The summed E-state index contributed by atoms with van der Waals surface area (Å²) < 4.78 is 43.7. The van der Waals surface area contributed by atoms with Gasteiger partial charge in [0, 0.05) is 25.8 Å². The van der Waals surface area contributed by atoms with Gasteiger partial charge in [0.05, 0.1) is 17.7 Å². The molecule has 1 saturated heterocycles. The van der Waals surface area contributed by atoms with Crippen molar-refractivity contribution < 1.29 is 17.9 Å². The van der Waals surface area contributed by atoms with Crippen LogP contribution in [-0.2, 0) is 10.9 Å². The third kappa shape index (κ3) is 5.98. The van der Waals surface area contributed by atoms with Gasteiger partial charge in [0.25, 0.3) is 0 Å². The van der Waals surface area contributed by atoms with Gasteiger partial charge in [-0.05, 0) is 38.0 Å². The molecule has 1 aromatic rings. The third-order valence-corrected chi connectivity index (χ3v) is 3.92. The zero-order valence-corrected chi connectivity index (χ0v) is 14.3. The number of benzene rings is 1. The quantitative estimate of drug-likeness (QED) is 0.499. The molecule has 136 valence electrons. The van der Waals surface area contributed by atoms with Crippen molar-refractivity contribution in [1.29, 1.82) is 0 Å². The van der Waals surface area contributed by atoms with Crippen molar-refractivity contribution in [2.24, 2.45) is 4.99 Å². The topological polar surface area (TPSA) is 45.7 Å². The van der Waals surface area contributed by atoms with Crippen LogP contribution in [0.25, 0.3) is 0 Å². The van der Waals surface area contributed by atoms with Gasteiger partial charge in [0.15, 0.2) is 5.96 Å². The van der Waals surface area contributed by atoms with E-state index in [-0.39, 0.29) is 12.1 Å². The Morgan fingerprint density at radius 3 is 2.80 bits per heavy atom. The van der Waals surface area contributed by atoms with E-state index in [1.54, 1.807) is 13.1 Å². The highest BCUT2D eigenvalue weighted by Crippen LogP contribution is 2.29. The normalized spacial score (nSPS) is 20.8. The van der Waals surface area contributed by atoms with Crippen molar-refractivity contribution >= 4 is 5.96 Å². The first-order valence-corrected chi connectivity index (χ1v) is 8.07. The van der Waals surface area contributed by atoms with E-state index in [1.165, 1.54) is 6.07 Å².